The molecule has 0 aromatic rings. The zero-order valence-electron chi connectivity index (χ0n) is 11.0. The Morgan fingerprint density at radius 1 is 1.24 bits per heavy atom. The third kappa shape index (κ3) is 5.31. The van der Waals surface area contributed by atoms with Crippen LogP contribution >= 0.6 is 0 Å². The molecular weight excluding hydrogens is 218 g/mol. The highest BCUT2D eigenvalue weighted by molar-refractivity contribution is 4.78. The molecule has 1 rings (SSSR count). The van der Waals surface area contributed by atoms with E-state index in [-0.39, 0.29) is 6.61 Å². The first-order chi connectivity index (χ1) is 8.31. The Kier molecular flexibility index (Phi) is 7.72. The number of aliphatic hydroxyl groups is 1. The molecule has 1 unspecified atom stereocenters. The van der Waals surface area contributed by atoms with E-state index in [4.69, 9.17) is 15.6 Å². The maximum absolute atomic E-state index is 8.60. The van der Waals surface area contributed by atoms with E-state index in [1.54, 1.807) is 0 Å². The van der Waals surface area contributed by atoms with E-state index >= 15 is 0 Å². The smallest absolute Gasteiger partial charge is 0.0698 e. The lowest BCUT2D eigenvalue weighted by Gasteiger charge is -2.38. The lowest BCUT2D eigenvalue weighted by Crippen LogP contribution is -2.52. The van der Waals surface area contributed by atoms with Gasteiger partial charge in [-0.25, -0.2) is 0 Å². The predicted octanol–water partition coefficient (Wildman–Crippen LogP) is -0.650. The van der Waals surface area contributed by atoms with Crippen molar-refractivity contribution in [3.63, 3.8) is 0 Å². The van der Waals surface area contributed by atoms with Crippen LogP contribution in [0.3, 0.4) is 0 Å². The summed E-state index contributed by atoms with van der Waals surface area (Å²) in [6, 6.07) is 0.544. The highest BCUT2D eigenvalue weighted by Gasteiger charge is 2.21. The Hall–Kier alpha value is -0.200. The molecule has 0 saturated carbocycles. The third-order valence-electron chi connectivity index (χ3n) is 3.45. The van der Waals surface area contributed by atoms with Crippen LogP contribution in [0.15, 0.2) is 0 Å². The second-order valence-electron chi connectivity index (χ2n) is 4.51. The molecule has 102 valence electrons. The van der Waals surface area contributed by atoms with E-state index < -0.39 is 0 Å². The van der Waals surface area contributed by atoms with Gasteiger partial charge in [0.05, 0.1) is 19.8 Å². The molecule has 1 fully saturated rings. The zero-order chi connectivity index (χ0) is 12.5. The number of piperazine rings is 1. The number of nitrogens with two attached hydrogens (primary N) is 1. The molecule has 0 amide bonds. The maximum atomic E-state index is 8.60. The molecule has 3 N–H and O–H groups in total. The molecule has 1 atom stereocenters. The quantitative estimate of drug-likeness (QED) is 0.557. The number of aliphatic hydroxyl groups excluding tert-OH is 1. The average Bonchev–Trinajstić information content (AvgIpc) is 2.38. The monoisotopic (exact) mass is 245 g/mol. The molecule has 0 spiro atoms. The third-order valence-corrected chi connectivity index (χ3v) is 3.45. The molecule has 17 heavy (non-hydrogen) atoms. The van der Waals surface area contributed by atoms with Gasteiger partial charge >= 0.3 is 0 Å². The van der Waals surface area contributed by atoms with Crippen molar-refractivity contribution in [2.75, 3.05) is 59.1 Å². The summed E-state index contributed by atoms with van der Waals surface area (Å²) in [5.41, 5.74) is 5.76. The second-order valence-corrected chi connectivity index (χ2v) is 4.51. The van der Waals surface area contributed by atoms with Gasteiger partial charge in [-0.15, -0.1) is 0 Å². The van der Waals surface area contributed by atoms with Crippen molar-refractivity contribution in [3.8, 4) is 0 Å². The fourth-order valence-corrected chi connectivity index (χ4v) is 2.29. The van der Waals surface area contributed by atoms with Crippen LogP contribution in [0.25, 0.3) is 0 Å². The molecule has 0 aromatic heterocycles. The normalized spacial score (nSPS) is 20.6. The summed E-state index contributed by atoms with van der Waals surface area (Å²) < 4.78 is 5.28. The van der Waals surface area contributed by atoms with Crippen molar-refractivity contribution in [2.24, 2.45) is 5.73 Å². The topological polar surface area (TPSA) is 62.0 Å². The van der Waals surface area contributed by atoms with Crippen LogP contribution in [0.5, 0.6) is 0 Å². The summed E-state index contributed by atoms with van der Waals surface area (Å²) in [4.78, 5) is 4.90. The molecule has 0 aromatic carbocycles. The first-order valence-corrected chi connectivity index (χ1v) is 6.66. The van der Waals surface area contributed by atoms with E-state index in [2.05, 4.69) is 16.7 Å². The van der Waals surface area contributed by atoms with E-state index in [0.717, 1.165) is 45.7 Å². The number of hydrogen-bond acceptors (Lipinski definition) is 5. The summed E-state index contributed by atoms with van der Waals surface area (Å²) in [5, 5.41) is 8.60. The SMILES string of the molecule is CCC(CN)N1CCN(CCOCCO)CC1. The van der Waals surface area contributed by atoms with Crippen LogP contribution in [0.1, 0.15) is 13.3 Å². The van der Waals surface area contributed by atoms with Crippen LogP contribution in [0, 0.1) is 0 Å². The van der Waals surface area contributed by atoms with Crippen LogP contribution < -0.4 is 5.73 Å². The molecule has 1 aliphatic heterocycles. The zero-order valence-corrected chi connectivity index (χ0v) is 11.0. The fraction of sp³-hybridized carbons (Fsp3) is 1.00. The van der Waals surface area contributed by atoms with Gasteiger partial charge in [-0.1, -0.05) is 6.92 Å². The summed E-state index contributed by atoms with van der Waals surface area (Å²) in [7, 11) is 0. The molecule has 5 heteroatoms. The van der Waals surface area contributed by atoms with Gasteiger partial charge in [0.2, 0.25) is 0 Å². The highest BCUT2D eigenvalue weighted by Crippen LogP contribution is 2.08. The van der Waals surface area contributed by atoms with Gasteiger partial charge in [-0.2, -0.15) is 0 Å². The molecule has 5 nitrogen and oxygen atoms in total. The van der Waals surface area contributed by atoms with Gasteiger partial charge in [-0.05, 0) is 6.42 Å². The van der Waals surface area contributed by atoms with Gasteiger partial charge in [0, 0.05) is 45.3 Å². The molecular formula is C12H27N3O2. The van der Waals surface area contributed by atoms with Crippen LogP contribution in [0.4, 0.5) is 0 Å². The van der Waals surface area contributed by atoms with Crippen molar-refractivity contribution in [2.45, 2.75) is 19.4 Å². The standard InChI is InChI=1S/C12H27N3O2/c1-2-12(11-13)15-5-3-14(4-6-15)7-9-17-10-8-16/h12,16H,2-11,13H2,1H3. The molecule has 0 bridgehead atoms. The highest BCUT2D eigenvalue weighted by atomic mass is 16.5. The van der Waals surface area contributed by atoms with Gasteiger partial charge in [0.25, 0.3) is 0 Å². The van der Waals surface area contributed by atoms with Gasteiger partial charge in [-0.3, -0.25) is 9.80 Å². The van der Waals surface area contributed by atoms with E-state index in [1.807, 2.05) is 0 Å². The molecule has 0 aliphatic carbocycles. The van der Waals surface area contributed by atoms with E-state index in [1.165, 1.54) is 0 Å². The Bertz CT molecular complexity index is 181. The molecule has 1 heterocycles. The van der Waals surface area contributed by atoms with Crippen molar-refractivity contribution in [1.29, 1.82) is 0 Å². The van der Waals surface area contributed by atoms with E-state index in [9.17, 15) is 0 Å². The van der Waals surface area contributed by atoms with Crippen molar-refractivity contribution >= 4 is 0 Å². The molecule has 1 saturated heterocycles. The van der Waals surface area contributed by atoms with E-state index in [0.29, 0.717) is 19.3 Å². The minimum Gasteiger partial charge on any atom is -0.394 e. The van der Waals surface area contributed by atoms with Crippen molar-refractivity contribution < 1.29 is 9.84 Å². The number of nitrogens with zero attached hydrogens (tertiary/aromatic N) is 2. The van der Waals surface area contributed by atoms with Crippen molar-refractivity contribution in [3.05, 3.63) is 0 Å². The number of ether oxygens (including phenoxy) is 1. The summed E-state index contributed by atoms with van der Waals surface area (Å²) in [6.07, 6.45) is 1.14. The maximum Gasteiger partial charge on any atom is 0.0698 e. The second kappa shape index (κ2) is 8.83. The predicted molar refractivity (Wildman–Crippen MR) is 69.1 cm³/mol. The Balaban J connectivity index is 2.12. The molecule has 0 radical (unpaired) electrons. The summed E-state index contributed by atoms with van der Waals surface area (Å²) >= 11 is 0. The largest absolute Gasteiger partial charge is 0.394 e. The summed E-state index contributed by atoms with van der Waals surface area (Å²) in [6.45, 7) is 9.61. The Morgan fingerprint density at radius 3 is 2.47 bits per heavy atom. The minimum atomic E-state index is 0.114. The first kappa shape index (κ1) is 14.9. The van der Waals surface area contributed by atoms with Crippen molar-refractivity contribution in [1.82, 2.24) is 9.80 Å². The fourth-order valence-electron chi connectivity index (χ4n) is 2.29. The lowest BCUT2D eigenvalue weighted by atomic mass is 10.1. The van der Waals surface area contributed by atoms with Crippen LogP contribution in [0.2, 0.25) is 0 Å². The van der Waals surface area contributed by atoms with Gasteiger partial charge in [0.15, 0.2) is 0 Å². The Morgan fingerprint density at radius 2 is 1.94 bits per heavy atom. The van der Waals surface area contributed by atoms with Crippen LogP contribution in [-0.4, -0.2) is 80.0 Å². The van der Waals surface area contributed by atoms with Gasteiger partial charge < -0.3 is 15.6 Å². The lowest BCUT2D eigenvalue weighted by molar-refractivity contribution is 0.0489. The average molecular weight is 245 g/mol. The molecule has 1 aliphatic rings. The summed E-state index contributed by atoms with van der Waals surface area (Å²) in [5.74, 6) is 0. The number of rotatable bonds is 8. The minimum absolute atomic E-state index is 0.114. The van der Waals surface area contributed by atoms with Gasteiger partial charge in [0.1, 0.15) is 0 Å². The number of hydrogen-bond donors (Lipinski definition) is 2. The first-order valence-electron chi connectivity index (χ1n) is 6.66. The Labute approximate surface area is 105 Å². The van der Waals surface area contributed by atoms with Crippen LogP contribution in [-0.2, 0) is 4.74 Å².